The van der Waals surface area contributed by atoms with Crippen molar-refractivity contribution in [3.63, 3.8) is 0 Å². The lowest BCUT2D eigenvalue weighted by Crippen LogP contribution is -2.31. The van der Waals surface area contributed by atoms with Crippen LogP contribution < -0.4 is 4.74 Å². The summed E-state index contributed by atoms with van der Waals surface area (Å²) in [5, 5.41) is 0. The van der Waals surface area contributed by atoms with Gasteiger partial charge in [0.15, 0.2) is 0 Å². The predicted molar refractivity (Wildman–Crippen MR) is 97.4 cm³/mol. The molecule has 0 spiro atoms. The van der Waals surface area contributed by atoms with Crippen LogP contribution in [0.5, 0.6) is 5.75 Å². The summed E-state index contributed by atoms with van der Waals surface area (Å²) in [6, 6.07) is 18.4. The van der Waals surface area contributed by atoms with E-state index in [1.54, 1.807) is 7.11 Å². The van der Waals surface area contributed by atoms with Gasteiger partial charge in [-0.25, -0.2) is 0 Å². The molecular weight excluding hydrogens is 300 g/mol. The predicted octanol–water partition coefficient (Wildman–Crippen LogP) is 4.64. The summed E-state index contributed by atoms with van der Waals surface area (Å²) < 4.78 is 17.3. The van der Waals surface area contributed by atoms with E-state index in [-0.39, 0.29) is 12.2 Å². The van der Waals surface area contributed by atoms with Crippen molar-refractivity contribution in [1.29, 1.82) is 0 Å². The van der Waals surface area contributed by atoms with Gasteiger partial charge in [0.1, 0.15) is 5.75 Å². The third-order valence-corrected chi connectivity index (χ3v) is 4.01. The second-order valence-corrected chi connectivity index (χ2v) is 5.96. The first-order valence-corrected chi connectivity index (χ1v) is 8.63. The average molecular weight is 328 g/mol. The molecule has 0 N–H and O–H groups in total. The first-order valence-electron chi connectivity index (χ1n) is 8.63. The fourth-order valence-electron chi connectivity index (χ4n) is 2.54. The molecule has 0 saturated heterocycles. The fraction of sp³-hybridized carbons (Fsp3) is 0.429. The smallest absolute Gasteiger partial charge is 0.118 e. The first kappa shape index (κ1) is 18.5. The third kappa shape index (κ3) is 5.99. The maximum Gasteiger partial charge on any atom is 0.118 e. The van der Waals surface area contributed by atoms with E-state index >= 15 is 0 Å². The molecule has 0 aliphatic rings. The molecule has 0 bridgehead atoms. The highest BCUT2D eigenvalue weighted by molar-refractivity contribution is 5.26. The van der Waals surface area contributed by atoms with Crippen LogP contribution in [0.15, 0.2) is 54.6 Å². The summed E-state index contributed by atoms with van der Waals surface area (Å²) in [4.78, 5) is 0. The largest absolute Gasteiger partial charge is 0.497 e. The van der Waals surface area contributed by atoms with Gasteiger partial charge in [-0.15, -0.1) is 0 Å². The van der Waals surface area contributed by atoms with Crippen LogP contribution in [-0.2, 0) is 22.5 Å². The zero-order chi connectivity index (χ0) is 17.2. The van der Waals surface area contributed by atoms with Crippen LogP contribution in [0.2, 0.25) is 0 Å². The average Bonchev–Trinajstić information content (AvgIpc) is 2.64. The van der Waals surface area contributed by atoms with Gasteiger partial charge >= 0.3 is 0 Å². The van der Waals surface area contributed by atoms with E-state index in [1.807, 2.05) is 30.3 Å². The van der Waals surface area contributed by atoms with Crippen LogP contribution in [0.3, 0.4) is 0 Å². The summed E-state index contributed by atoms with van der Waals surface area (Å²) in [6.07, 6.45) is 1.95. The highest BCUT2D eigenvalue weighted by Gasteiger charge is 2.19. The van der Waals surface area contributed by atoms with Gasteiger partial charge in [-0.1, -0.05) is 49.4 Å². The van der Waals surface area contributed by atoms with Gasteiger partial charge in [0.25, 0.3) is 0 Å². The normalized spacial score (nSPS) is 13.5. The Morgan fingerprint density at radius 1 is 0.875 bits per heavy atom. The molecule has 2 unspecified atom stereocenters. The Balaban J connectivity index is 1.98. The molecule has 0 fully saturated rings. The molecule has 0 heterocycles. The van der Waals surface area contributed by atoms with Crippen molar-refractivity contribution >= 4 is 0 Å². The minimum atomic E-state index is 0.0288. The molecule has 0 aromatic heterocycles. The second-order valence-electron chi connectivity index (χ2n) is 5.96. The summed E-state index contributed by atoms with van der Waals surface area (Å²) in [7, 11) is 1.67. The van der Waals surface area contributed by atoms with Gasteiger partial charge in [-0.2, -0.15) is 0 Å². The maximum absolute atomic E-state index is 6.20. The molecule has 2 aromatic carbocycles. The molecule has 24 heavy (non-hydrogen) atoms. The van der Waals surface area contributed by atoms with Gasteiger partial charge < -0.3 is 14.2 Å². The Hall–Kier alpha value is -1.84. The van der Waals surface area contributed by atoms with Crippen LogP contribution >= 0.6 is 0 Å². The molecule has 3 heteroatoms. The Kier molecular flexibility index (Phi) is 7.80. The molecule has 3 nitrogen and oxygen atoms in total. The highest BCUT2D eigenvalue weighted by atomic mass is 16.5. The fourth-order valence-corrected chi connectivity index (χ4v) is 2.54. The van der Waals surface area contributed by atoms with Crippen molar-refractivity contribution in [2.24, 2.45) is 0 Å². The third-order valence-electron chi connectivity index (χ3n) is 4.01. The minimum Gasteiger partial charge on any atom is -0.497 e. The number of methoxy groups -OCH3 is 1. The number of hydrogen-bond acceptors (Lipinski definition) is 3. The van der Waals surface area contributed by atoms with Gasteiger partial charge in [0.2, 0.25) is 0 Å². The quantitative estimate of drug-likeness (QED) is 0.636. The summed E-state index contributed by atoms with van der Waals surface area (Å²) in [6.45, 7) is 5.55. The van der Waals surface area contributed by atoms with E-state index in [1.165, 1.54) is 5.56 Å². The molecule has 2 rings (SSSR count). The van der Waals surface area contributed by atoms with Crippen LogP contribution in [0, 0.1) is 0 Å². The van der Waals surface area contributed by atoms with Crippen molar-refractivity contribution in [1.82, 2.24) is 0 Å². The monoisotopic (exact) mass is 328 g/mol. The Morgan fingerprint density at radius 2 is 1.58 bits per heavy atom. The van der Waals surface area contributed by atoms with Crippen molar-refractivity contribution in [3.05, 3.63) is 65.7 Å². The molecular formula is C21H28O3. The van der Waals surface area contributed by atoms with Gasteiger partial charge in [-0.3, -0.25) is 0 Å². The van der Waals surface area contributed by atoms with Gasteiger partial charge in [0, 0.05) is 13.0 Å². The molecule has 0 saturated carbocycles. The maximum atomic E-state index is 6.20. The molecule has 2 aromatic rings. The molecule has 2 atom stereocenters. The van der Waals surface area contributed by atoms with E-state index in [2.05, 4.69) is 38.1 Å². The Bertz CT molecular complexity index is 565. The van der Waals surface area contributed by atoms with Crippen LogP contribution in [-0.4, -0.2) is 25.9 Å². The van der Waals surface area contributed by atoms with E-state index in [0.717, 1.165) is 30.8 Å². The number of ether oxygens (including phenoxy) is 3. The van der Waals surface area contributed by atoms with Gasteiger partial charge in [0.05, 0.1) is 25.9 Å². The van der Waals surface area contributed by atoms with Crippen LogP contribution in [0.1, 0.15) is 31.4 Å². The zero-order valence-corrected chi connectivity index (χ0v) is 14.9. The topological polar surface area (TPSA) is 27.7 Å². The SMILES string of the molecule is CCCOC(C)C(Cc1ccccc1)OCc1ccc(OC)cc1. The zero-order valence-electron chi connectivity index (χ0n) is 14.9. The lowest BCUT2D eigenvalue weighted by molar-refractivity contribution is -0.0708. The summed E-state index contributed by atoms with van der Waals surface area (Å²) >= 11 is 0. The lowest BCUT2D eigenvalue weighted by Gasteiger charge is -2.25. The Labute approximate surface area is 145 Å². The van der Waals surface area contributed by atoms with Crippen molar-refractivity contribution in [2.45, 2.75) is 45.5 Å². The summed E-state index contributed by atoms with van der Waals surface area (Å²) in [5.74, 6) is 0.860. The molecule has 0 aliphatic heterocycles. The van der Waals surface area contributed by atoms with Crippen molar-refractivity contribution in [3.8, 4) is 5.75 Å². The number of hydrogen-bond donors (Lipinski definition) is 0. The van der Waals surface area contributed by atoms with E-state index in [0.29, 0.717) is 6.61 Å². The van der Waals surface area contributed by atoms with Crippen LogP contribution in [0.4, 0.5) is 0 Å². The first-order chi connectivity index (χ1) is 11.7. The van der Waals surface area contributed by atoms with E-state index in [9.17, 15) is 0 Å². The number of rotatable bonds is 10. The van der Waals surface area contributed by atoms with Crippen molar-refractivity contribution < 1.29 is 14.2 Å². The Morgan fingerprint density at radius 3 is 2.21 bits per heavy atom. The molecule has 0 radical (unpaired) electrons. The number of benzene rings is 2. The molecule has 130 valence electrons. The highest BCUT2D eigenvalue weighted by Crippen LogP contribution is 2.17. The minimum absolute atomic E-state index is 0.0288. The van der Waals surface area contributed by atoms with E-state index in [4.69, 9.17) is 14.2 Å². The lowest BCUT2D eigenvalue weighted by atomic mass is 10.0. The van der Waals surface area contributed by atoms with E-state index < -0.39 is 0 Å². The standard InChI is InChI=1S/C21H28O3/c1-4-14-23-17(2)21(15-18-8-6-5-7-9-18)24-16-19-10-12-20(22-3)13-11-19/h5-13,17,21H,4,14-16H2,1-3H3. The van der Waals surface area contributed by atoms with Crippen molar-refractivity contribution in [2.75, 3.05) is 13.7 Å². The molecule has 0 aliphatic carbocycles. The molecule has 0 amide bonds. The van der Waals surface area contributed by atoms with Crippen LogP contribution in [0.25, 0.3) is 0 Å². The summed E-state index contributed by atoms with van der Waals surface area (Å²) in [5.41, 5.74) is 2.40. The van der Waals surface area contributed by atoms with Gasteiger partial charge in [-0.05, 0) is 36.6 Å². The second kappa shape index (κ2) is 10.1.